The Morgan fingerprint density at radius 1 is 0.903 bits per heavy atom. The van der Waals surface area contributed by atoms with Gasteiger partial charge in [-0.3, -0.25) is 0 Å². The van der Waals surface area contributed by atoms with Gasteiger partial charge >= 0.3 is 5.97 Å². The quantitative estimate of drug-likeness (QED) is 0.406. The number of carbonyl (C=O) groups is 1. The normalized spacial score (nSPS) is 14.3. The average Bonchev–Trinajstić information content (AvgIpc) is 3.46. The topological polar surface area (TPSA) is 55.1 Å². The molecule has 156 valence electrons. The van der Waals surface area contributed by atoms with Crippen LogP contribution in [0, 0.1) is 0 Å². The first-order valence-electron chi connectivity index (χ1n) is 11.1. The molecule has 4 heteroatoms. The van der Waals surface area contributed by atoms with Crippen LogP contribution >= 0.6 is 0 Å². The molecule has 0 unspecified atom stereocenters. The van der Waals surface area contributed by atoms with E-state index in [1.165, 1.54) is 24.0 Å². The van der Waals surface area contributed by atoms with E-state index in [1.807, 2.05) is 12.1 Å². The second-order valence-corrected chi connectivity index (χ2v) is 8.43. The van der Waals surface area contributed by atoms with Crippen molar-refractivity contribution in [2.75, 3.05) is 0 Å². The highest BCUT2D eigenvalue weighted by atomic mass is 16.4. The Morgan fingerprint density at radius 2 is 1.58 bits per heavy atom. The largest absolute Gasteiger partial charge is 0.478 e. The number of hydrogen-bond donors (Lipinski definition) is 1. The summed E-state index contributed by atoms with van der Waals surface area (Å²) in [6, 6.07) is 25.0. The summed E-state index contributed by atoms with van der Waals surface area (Å²) in [4.78, 5) is 16.3. The number of benzene rings is 3. The third-order valence-corrected chi connectivity index (χ3v) is 6.38. The lowest BCUT2D eigenvalue weighted by Crippen LogP contribution is -2.07. The van der Waals surface area contributed by atoms with Crippen molar-refractivity contribution in [3.63, 3.8) is 0 Å². The predicted octanol–water partition coefficient (Wildman–Crippen LogP) is 6.30. The van der Waals surface area contributed by atoms with Crippen molar-refractivity contribution in [3.8, 4) is 11.4 Å². The zero-order valence-corrected chi connectivity index (χ0v) is 17.5. The Balaban J connectivity index is 1.48. The number of rotatable bonds is 6. The number of nitrogens with zero attached hydrogens (tertiary/aromatic N) is 2. The molecule has 0 radical (unpaired) electrons. The van der Waals surface area contributed by atoms with Crippen LogP contribution in [0.1, 0.15) is 53.2 Å². The molecule has 1 aliphatic carbocycles. The molecule has 5 rings (SSSR count). The summed E-state index contributed by atoms with van der Waals surface area (Å²) in [5.41, 5.74) is 5.82. The summed E-state index contributed by atoms with van der Waals surface area (Å²) < 4.78 is 2.34. The summed E-state index contributed by atoms with van der Waals surface area (Å²) in [5, 5.41) is 9.38. The van der Waals surface area contributed by atoms with Gasteiger partial charge in [0.05, 0.1) is 16.6 Å². The summed E-state index contributed by atoms with van der Waals surface area (Å²) in [5.74, 6) is 0.0284. The van der Waals surface area contributed by atoms with Crippen molar-refractivity contribution in [3.05, 3.63) is 89.5 Å². The molecule has 0 bridgehead atoms. The van der Waals surface area contributed by atoms with Crippen molar-refractivity contribution in [2.45, 2.75) is 44.6 Å². The van der Waals surface area contributed by atoms with E-state index in [2.05, 4.69) is 53.1 Å². The minimum Gasteiger partial charge on any atom is -0.478 e. The molecule has 0 saturated heterocycles. The maximum atomic E-state index is 11.4. The fourth-order valence-corrected chi connectivity index (χ4v) is 4.72. The van der Waals surface area contributed by atoms with Crippen molar-refractivity contribution in [1.82, 2.24) is 9.55 Å². The zero-order chi connectivity index (χ0) is 21.2. The summed E-state index contributed by atoms with van der Waals surface area (Å²) in [6.45, 7) is 0. The first-order chi connectivity index (χ1) is 15.2. The lowest BCUT2D eigenvalue weighted by atomic mass is 10.0. The van der Waals surface area contributed by atoms with Crippen LogP contribution in [0.15, 0.2) is 72.8 Å². The number of carboxylic acids is 1. The van der Waals surface area contributed by atoms with Gasteiger partial charge in [0.1, 0.15) is 5.82 Å². The van der Waals surface area contributed by atoms with Crippen molar-refractivity contribution < 1.29 is 9.90 Å². The third-order valence-electron chi connectivity index (χ3n) is 6.38. The van der Waals surface area contributed by atoms with Gasteiger partial charge in [0.2, 0.25) is 0 Å². The van der Waals surface area contributed by atoms with Gasteiger partial charge in [-0.1, -0.05) is 67.4 Å². The van der Waals surface area contributed by atoms with Gasteiger partial charge in [-0.2, -0.15) is 0 Å². The van der Waals surface area contributed by atoms with Crippen molar-refractivity contribution in [2.24, 2.45) is 0 Å². The molecule has 0 atom stereocenters. The lowest BCUT2D eigenvalue weighted by Gasteiger charge is -2.17. The highest BCUT2D eigenvalue weighted by Crippen LogP contribution is 2.37. The van der Waals surface area contributed by atoms with Crippen molar-refractivity contribution in [1.29, 1.82) is 0 Å². The van der Waals surface area contributed by atoms with Crippen LogP contribution in [0.3, 0.4) is 0 Å². The molecule has 1 saturated carbocycles. The van der Waals surface area contributed by atoms with E-state index in [9.17, 15) is 9.90 Å². The molecule has 0 spiro atoms. The van der Waals surface area contributed by atoms with Crippen LogP contribution in [0.2, 0.25) is 0 Å². The van der Waals surface area contributed by atoms with Crippen LogP contribution in [0.5, 0.6) is 0 Å². The fourth-order valence-electron chi connectivity index (χ4n) is 4.72. The minimum atomic E-state index is -0.915. The Bertz CT molecular complexity index is 1200. The van der Waals surface area contributed by atoms with Crippen LogP contribution in [-0.2, 0) is 12.8 Å². The third kappa shape index (κ3) is 3.98. The van der Waals surface area contributed by atoms with E-state index in [0.29, 0.717) is 6.04 Å². The van der Waals surface area contributed by atoms with Gasteiger partial charge in [-0.25, -0.2) is 9.78 Å². The molecule has 4 aromatic rings. The van der Waals surface area contributed by atoms with Gasteiger partial charge in [-0.05, 0) is 55.0 Å². The van der Waals surface area contributed by atoms with Crippen LogP contribution in [0.4, 0.5) is 0 Å². The van der Waals surface area contributed by atoms with E-state index < -0.39 is 5.97 Å². The SMILES string of the molecule is O=C(O)c1ccc2c(c1)nc(-c1ccc(CCc3ccccc3)cc1)n2C1CCCC1. The molecule has 31 heavy (non-hydrogen) atoms. The summed E-state index contributed by atoms with van der Waals surface area (Å²) >= 11 is 0. The van der Waals surface area contributed by atoms with Gasteiger partial charge in [0.15, 0.2) is 0 Å². The Labute approximate surface area is 182 Å². The van der Waals surface area contributed by atoms with E-state index in [4.69, 9.17) is 4.98 Å². The molecular weight excluding hydrogens is 384 g/mol. The molecule has 1 aliphatic rings. The second kappa shape index (κ2) is 8.38. The van der Waals surface area contributed by atoms with E-state index in [1.54, 1.807) is 12.1 Å². The van der Waals surface area contributed by atoms with E-state index in [0.717, 1.165) is 48.1 Å². The monoisotopic (exact) mass is 410 g/mol. The summed E-state index contributed by atoms with van der Waals surface area (Å²) in [6.07, 6.45) is 6.79. The number of aromatic carboxylic acids is 1. The zero-order valence-electron chi connectivity index (χ0n) is 17.5. The minimum absolute atomic E-state index is 0.284. The van der Waals surface area contributed by atoms with Gasteiger partial charge in [-0.15, -0.1) is 0 Å². The van der Waals surface area contributed by atoms with Crippen LogP contribution < -0.4 is 0 Å². The van der Waals surface area contributed by atoms with Gasteiger partial charge in [0, 0.05) is 11.6 Å². The molecule has 1 N–H and O–H groups in total. The Morgan fingerprint density at radius 3 is 2.26 bits per heavy atom. The number of carboxylic acid groups (broad SMARTS) is 1. The molecule has 1 aromatic heterocycles. The van der Waals surface area contributed by atoms with Gasteiger partial charge in [0.25, 0.3) is 0 Å². The molecule has 0 aliphatic heterocycles. The number of hydrogen-bond acceptors (Lipinski definition) is 2. The highest BCUT2D eigenvalue weighted by Gasteiger charge is 2.24. The molecular formula is C27H26N2O2. The number of fused-ring (bicyclic) bond motifs is 1. The first kappa shape index (κ1) is 19.6. The van der Waals surface area contributed by atoms with Crippen LogP contribution in [0.25, 0.3) is 22.4 Å². The molecule has 1 fully saturated rings. The molecule has 1 heterocycles. The Kier molecular flexibility index (Phi) is 5.29. The maximum Gasteiger partial charge on any atom is 0.335 e. The molecule has 4 nitrogen and oxygen atoms in total. The smallest absolute Gasteiger partial charge is 0.335 e. The second-order valence-electron chi connectivity index (χ2n) is 8.43. The predicted molar refractivity (Wildman–Crippen MR) is 123 cm³/mol. The number of aromatic nitrogens is 2. The van der Waals surface area contributed by atoms with Gasteiger partial charge < -0.3 is 9.67 Å². The van der Waals surface area contributed by atoms with Crippen molar-refractivity contribution >= 4 is 17.0 Å². The number of aryl methyl sites for hydroxylation is 2. The maximum absolute atomic E-state index is 11.4. The van der Waals surface area contributed by atoms with E-state index >= 15 is 0 Å². The molecule has 0 amide bonds. The van der Waals surface area contributed by atoms with Crippen LogP contribution in [-0.4, -0.2) is 20.6 Å². The summed E-state index contributed by atoms with van der Waals surface area (Å²) in [7, 11) is 0. The Hall–Kier alpha value is -3.40. The lowest BCUT2D eigenvalue weighted by molar-refractivity contribution is 0.0697. The molecule has 3 aromatic carbocycles. The fraction of sp³-hybridized carbons (Fsp3) is 0.259. The standard InChI is InChI=1S/C27H26N2O2/c30-27(31)22-16-17-25-24(18-22)28-26(29(25)23-8-4-5-9-23)21-14-12-20(13-15-21)11-10-19-6-2-1-3-7-19/h1-3,6-7,12-18,23H,4-5,8-11H2,(H,30,31). The highest BCUT2D eigenvalue weighted by molar-refractivity contribution is 5.93. The number of imidazole rings is 1. The first-order valence-corrected chi connectivity index (χ1v) is 11.1. The van der Waals surface area contributed by atoms with E-state index in [-0.39, 0.29) is 5.56 Å². The average molecular weight is 411 g/mol.